The number of hydrogen-bond donors (Lipinski definition) is 3. The highest BCUT2D eigenvalue weighted by Gasteiger charge is 2.30. The second-order valence-electron chi connectivity index (χ2n) is 6.99. The van der Waals surface area contributed by atoms with E-state index < -0.39 is 5.97 Å². The average Bonchev–Trinajstić information content (AvgIpc) is 2.85. The third-order valence-electron chi connectivity index (χ3n) is 4.30. The maximum atomic E-state index is 11.9. The summed E-state index contributed by atoms with van der Waals surface area (Å²) in [5.41, 5.74) is 0.103. The fraction of sp³-hybridized carbons (Fsp3) is 0.875. The van der Waals surface area contributed by atoms with Crippen molar-refractivity contribution in [2.45, 2.75) is 71.8 Å². The summed E-state index contributed by atoms with van der Waals surface area (Å²) in [7, 11) is 0. The first kappa shape index (κ1) is 17.8. The molecule has 5 nitrogen and oxygen atoms in total. The molecule has 122 valence electrons. The molecule has 0 aliphatic heterocycles. The van der Waals surface area contributed by atoms with Crippen molar-refractivity contribution < 1.29 is 14.7 Å². The molecule has 1 saturated carbocycles. The van der Waals surface area contributed by atoms with E-state index in [2.05, 4.69) is 31.4 Å². The summed E-state index contributed by atoms with van der Waals surface area (Å²) in [6, 6.07) is -0.177. The molecule has 0 heterocycles. The Labute approximate surface area is 127 Å². The van der Waals surface area contributed by atoms with E-state index in [-0.39, 0.29) is 23.4 Å². The minimum absolute atomic E-state index is 0.00527. The van der Waals surface area contributed by atoms with Crippen LogP contribution in [0.3, 0.4) is 0 Å². The summed E-state index contributed by atoms with van der Waals surface area (Å²) in [6.45, 7) is 7.17. The first-order chi connectivity index (χ1) is 9.84. The molecule has 21 heavy (non-hydrogen) atoms. The third kappa shape index (κ3) is 6.82. The van der Waals surface area contributed by atoms with Gasteiger partial charge in [-0.2, -0.15) is 0 Å². The van der Waals surface area contributed by atoms with E-state index in [1.807, 2.05) is 0 Å². The van der Waals surface area contributed by atoms with Crippen molar-refractivity contribution in [2.24, 2.45) is 11.3 Å². The zero-order valence-corrected chi connectivity index (χ0v) is 13.6. The highest BCUT2D eigenvalue weighted by atomic mass is 16.4. The maximum absolute atomic E-state index is 11.9. The van der Waals surface area contributed by atoms with Gasteiger partial charge in [0.2, 0.25) is 0 Å². The number of carboxylic acids is 1. The fourth-order valence-corrected chi connectivity index (χ4v) is 2.83. The van der Waals surface area contributed by atoms with Gasteiger partial charge in [0.1, 0.15) is 0 Å². The van der Waals surface area contributed by atoms with Gasteiger partial charge in [0.15, 0.2) is 0 Å². The number of carboxylic acid groups (broad SMARTS) is 1. The Morgan fingerprint density at radius 2 is 1.95 bits per heavy atom. The summed E-state index contributed by atoms with van der Waals surface area (Å²) >= 11 is 0. The number of nitrogens with one attached hydrogen (secondary N) is 2. The number of carbonyl (C=O) groups is 2. The standard InChI is InChI=1S/C16H30N2O3/c1-4-5-6-9-16(2,3)11-17-15(21)18-13-8-7-12(10-13)14(19)20/h12-13H,4-11H2,1-3H3,(H,19,20)(H2,17,18,21). The third-order valence-corrected chi connectivity index (χ3v) is 4.30. The summed E-state index contributed by atoms with van der Waals surface area (Å²) in [4.78, 5) is 22.8. The fourth-order valence-electron chi connectivity index (χ4n) is 2.83. The summed E-state index contributed by atoms with van der Waals surface area (Å²) in [5.74, 6) is -1.06. The summed E-state index contributed by atoms with van der Waals surface area (Å²) < 4.78 is 0. The molecule has 1 aliphatic rings. The lowest BCUT2D eigenvalue weighted by Gasteiger charge is -2.25. The number of rotatable bonds is 8. The minimum atomic E-state index is -0.753. The lowest BCUT2D eigenvalue weighted by Crippen LogP contribution is -2.44. The van der Waals surface area contributed by atoms with Crippen LogP contribution in [0.5, 0.6) is 0 Å². The lowest BCUT2D eigenvalue weighted by atomic mass is 9.87. The minimum Gasteiger partial charge on any atom is -0.481 e. The van der Waals surface area contributed by atoms with Crippen LogP contribution < -0.4 is 10.6 Å². The van der Waals surface area contributed by atoms with Crippen molar-refractivity contribution >= 4 is 12.0 Å². The van der Waals surface area contributed by atoms with E-state index in [4.69, 9.17) is 5.11 Å². The molecule has 0 radical (unpaired) electrons. The van der Waals surface area contributed by atoms with Gasteiger partial charge in [0.05, 0.1) is 5.92 Å². The number of aliphatic carboxylic acids is 1. The van der Waals surface area contributed by atoms with Crippen molar-refractivity contribution in [2.75, 3.05) is 6.54 Å². The zero-order chi connectivity index (χ0) is 15.9. The topological polar surface area (TPSA) is 78.4 Å². The first-order valence-corrected chi connectivity index (χ1v) is 8.11. The predicted molar refractivity (Wildman–Crippen MR) is 83.2 cm³/mol. The van der Waals surface area contributed by atoms with Crippen molar-refractivity contribution in [1.29, 1.82) is 0 Å². The molecule has 0 saturated heterocycles. The molecule has 5 heteroatoms. The first-order valence-electron chi connectivity index (χ1n) is 8.11. The highest BCUT2D eigenvalue weighted by molar-refractivity contribution is 5.75. The van der Waals surface area contributed by atoms with Gasteiger partial charge in [-0.25, -0.2) is 4.79 Å². The van der Waals surface area contributed by atoms with E-state index >= 15 is 0 Å². The monoisotopic (exact) mass is 298 g/mol. The quantitative estimate of drug-likeness (QED) is 0.602. The number of carbonyl (C=O) groups excluding carboxylic acids is 1. The van der Waals surface area contributed by atoms with Crippen molar-refractivity contribution in [3.8, 4) is 0 Å². The summed E-state index contributed by atoms with van der Waals surface area (Å²) in [6.07, 6.45) is 6.68. The van der Waals surface area contributed by atoms with E-state index in [0.29, 0.717) is 19.4 Å². The van der Waals surface area contributed by atoms with Gasteiger partial charge in [-0.05, 0) is 31.1 Å². The van der Waals surface area contributed by atoms with E-state index in [1.54, 1.807) is 0 Å². The molecule has 0 spiro atoms. The molecule has 2 atom stereocenters. The average molecular weight is 298 g/mol. The molecule has 1 aliphatic carbocycles. The van der Waals surface area contributed by atoms with E-state index in [0.717, 1.165) is 12.8 Å². The normalized spacial score (nSPS) is 22.0. The van der Waals surface area contributed by atoms with Gasteiger partial charge in [-0.3, -0.25) is 4.79 Å². The van der Waals surface area contributed by atoms with Crippen LogP contribution in [0.15, 0.2) is 0 Å². The second-order valence-corrected chi connectivity index (χ2v) is 6.99. The van der Waals surface area contributed by atoms with Crippen LogP contribution in [0.4, 0.5) is 4.79 Å². The SMILES string of the molecule is CCCCCC(C)(C)CNC(=O)NC1CCC(C(=O)O)C1. The Hall–Kier alpha value is -1.26. The van der Waals surface area contributed by atoms with Gasteiger partial charge < -0.3 is 15.7 Å². The number of hydrogen-bond acceptors (Lipinski definition) is 2. The predicted octanol–water partition coefficient (Wildman–Crippen LogP) is 3.15. The Kier molecular flexibility index (Phi) is 6.99. The molecule has 2 unspecified atom stereocenters. The van der Waals surface area contributed by atoms with Crippen LogP contribution in [0.1, 0.15) is 65.7 Å². The van der Waals surface area contributed by atoms with Gasteiger partial charge >= 0.3 is 12.0 Å². The molecule has 0 aromatic rings. The number of urea groups is 1. The second kappa shape index (κ2) is 8.25. The molecular weight excluding hydrogens is 268 g/mol. The van der Waals surface area contributed by atoms with Crippen LogP contribution in [0.25, 0.3) is 0 Å². The van der Waals surface area contributed by atoms with Gasteiger partial charge in [-0.1, -0.05) is 40.0 Å². The van der Waals surface area contributed by atoms with Crippen molar-refractivity contribution in [3.05, 3.63) is 0 Å². The molecule has 3 N–H and O–H groups in total. The molecule has 0 aromatic carbocycles. The lowest BCUT2D eigenvalue weighted by molar-refractivity contribution is -0.141. The maximum Gasteiger partial charge on any atom is 0.315 e. The Morgan fingerprint density at radius 1 is 1.24 bits per heavy atom. The van der Waals surface area contributed by atoms with Crippen molar-refractivity contribution in [3.63, 3.8) is 0 Å². The van der Waals surface area contributed by atoms with E-state index in [1.165, 1.54) is 19.3 Å². The van der Waals surface area contributed by atoms with Gasteiger partial charge in [0.25, 0.3) is 0 Å². The summed E-state index contributed by atoms with van der Waals surface area (Å²) in [5, 5.41) is 14.8. The van der Waals surface area contributed by atoms with E-state index in [9.17, 15) is 9.59 Å². The Balaban J connectivity index is 2.23. The molecule has 0 aromatic heterocycles. The molecular formula is C16H30N2O3. The van der Waals surface area contributed by atoms with Crippen LogP contribution >= 0.6 is 0 Å². The molecule has 2 amide bonds. The Morgan fingerprint density at radius 3 is 2.52 bits per heavy atom. The molecule has 1 rings (SSSR count). The molecule has 0 bridgehead atoms. The van der Waals surface area contributed by atoms with Crippen LogP contribution in [-0.2, 0) is 4.79 Å². The molecule has 1 fully saturated rings. The largest absolute Gasteiger partial charge is 0.481 e. The van der Waals surface area contributed by atoms with Crippen LogP contribution in [-0.4, -0.2) is 29.7 Å². The van der Waals surface area contributed by atoms with Crippen LogP contribution in [0.2, 0.25) is 0 Å². The zero-order valence-electron chi connectivity index (χ0n) is 13.6. The van der Waals surface area contributed by atoms with Crippen LogP contribution in [0, 0.1) is 11.3 Å². The smallest absolute Gasteiger partial charge is 0.315 e. The van der Waals surface area contributed by atoms with Gasteiger partial charge in [0, 0.05) is 12.6 Å². The van der Waals surface area contributed by atoms with Gasteiger partial charge in [-0.15, -0.1) is 0 Å². The van der Waals surface area contributed by atoms with Crippen molar-refractivity contribution in [1.82, 2.24) is 10.6 Å². The highest BCUT2D eigenvalue weighted by Crippen LogP contribution is 2.26. The number of amides is 2. The Bertz CT molecular complexity index is 355. The number of unbranched alkanes of at least 4 members (excludes halogenated alkanes) is 2.